The summed E-state index contributed by atoms with van der Waals surface area (Å²) in [5.74, 6) is 0. The van der Waals surface area contributed by atoms with Crippen molar-refractivity contribution in [2.45, 2.75) is 19.4 Å². The van der Waals surface area contributed by atoms with E-state index in [2.05, 4.69) is 50.0 Å². The van der Waals surface area contributed by atoms with Crippen molar-refractivity contribution in [1.82, 2.24) is 4.98 Å². The summed E-state index contributed by atoms with van der Waals surface area (Å²) < 4.78 is 2.23. The van der Waals surface area contributed by atoms with E-state index in [9.17, 15) is 0 Å². The van der Waals surface area contributed by atoms with E-state index < -0.39 is 0 Å². The maximum atomic E-state index is 4.03. The lowest BCUT2D eigenvalue weighted by Gasteiger charge is -2.00. The Bertz CT molecular complexity index is 440. The van der Waals surface area contributed by atoms with Crippen LogP contribution in [-0.2, 0) is 6.54 Å². The molecule has 0 atom stereocenters. The normalized spacial score (nSPS) is 10.4. The predicted molar refractivity (Wildman–Crippen MR) is 72.9 cm³/mol. The lowest BCUT2D eigenvalue weighted by atomic mass is 10.1. The number of nitrogens with zero attached hydrogens (tertiary/aromatic N) is 2. The summed E-state index contributed by atoms with van der Waals surface area (Å²) in [6.07, 6.45) is 10.4. The molecule has 3 heteroatoms. The Morgan fingerprint density at radius 3 is 2.24 bits per heavy atom. The Hall–Kier alpha value is -1.22. The maximum Gasteiger partial charge on any atom is 0.169 e. The Morgan fingerprint density at radius 1 is 0.941 bits per heavy atom. The van der Waals surface area contributed by atoms with Crippen LogP contribution in [0.2, 0.25) is 0 Å². The van der Waals surface area contributed by atoms with Gasteiger partial charge in [-0.25, -0.2) is 4.57 Å². The van der Waals surface area contributed by atoms with Crippen LogP contribution in [0.5, 0.6) is 0 Å². The molecule has 0 amide bonds. The van der Waals surface area contributed by atoms with Gasteiger partial charge in [0.15, 0.2) is 12.4 Å². The van der Waals surface area contributed by atoms with Gasteiger partial charge in [0.25, 0.3) is 0 Å². The quantitative estimate of drug-likeness (QED) is 0.470. The maximum absolute atomic E-state index is 4.03. The molecule has 2 aromatic heterocycles. The highest BCUT2D eigenvalue weighted by Crippen LogP contribution is 2.15. The molecule has 0 fully saturated rings. The first-order valence-corrected chi connectivity index (χ1v) is 6.98. The molecule has 0 radical (unpaired) electrons. The third-order valence-corrected chi connectivity index (χ3v) is 3.27. The van der Waals surface area contributed by atoms with Crippen LogP contribution in [0.4, 0.5) is 0 Å². The molecule has 88 valence electrons. The van der Waals surface area contributed by atoms with Crippen molar-refractivity contribution in [2.75, 3.05) is 5.33 Å². The van der Waals surface area contributed by atoms with E-state index in [1.807, 2.05) is 24.5 Å². The molecule has 0 bridgehead atoms. The van der Waals surface area contributed by atoms with Crippen molar-refractivity contribution in [3.8, 4) is 11.1 Å². The molecule has 0 saturated carbocycles. The number of aromatic nitrogens is 2. The van der Waals surface area contributed by atoms with Gasteiger partial charge in [-0.1, -0.05) is 15.9 Å². The molecular weight excluding hydrogens is 276 g/mol. The number of alkyl halides is 1. The standard InChI is InChI=1S/C14H16BrN2/c15-7-1-2-10-17-11-5-14(6-12-17)13-3-8-16-9-4-13/h3-6,8-9,11-12H,1-2,7,10H2/q+1. The Kier molecular flexibility index (Phi) is 4.68. The van der Waals surface area contributed by atoms with Crippen LogP contribution in [0.25, 0.3) is 11.1 Å². The summed E-state index contributed by atoms with van der Waals surface area (Å²) in [5, 5.41) is 1.09. The molecule has 0 spiro atoms. The summed E-state index contributed by atoms with van der Waals surface area (Å²) in [5.41, 5.74) is 2.46. The summed E-state index contributed by atoms with van der Waals surface area (Å²) in [7, 11) is 0. The van der Waals surface area contributed by atoms with Crippen LogP contribution < -0.4 is 4.57 Å². The minimum absolute atomic E-state index is 1.09. The van der Waals surface area contributed by atoms with E-state index in [1.54, 1.807) is 0 Å². The van der Waals surface area contributed by atoms with Gasteiger partial charge in [0, 0.05) is 36.3 Å². The minimum Gasteiger partial charge on any atom is -0.265 e. The van der Waals surface area contributed by atoms with Crippen LogP contribution in [0.15, 0.2) is 49.1 Å². The molecule has 0 saturated heterocycles. The van der Waals surface area contributed by atoms with Gasteiger partial charge >= 0.3 is 0 Å². The molecule has 2 rings (SSSR count). The Balaban J connectivity index is 2.03. The molecule has 0 unspecified atom stereocenters. The average Bonchev–Trinajstić information content (AvgIpc) is 2.41. The van der Waals surface area contributed by atoms with E-state index >= 15 is 0 Å². The predicted octanol–water partition coefficient (Wildman–Crippen LogP) is 3.21. The molecule has 0 aliphatic carbocycles. The van der Waals surface area contributed by atoms with Crippen molar-refractivity contribution in [3.05, 3.63) is 49.1 Å². The Morgan fingerprint density at radius 2 is 1.59 bits per heavy atom. The van der Waals surface area contributed by atoms with E-state index in [0.717, 1.165) is 11.9 Å². The topological polar surface area (TPSA) is 16.8 Å². The van der Waals surface area contributed by atoms with Crippen molar-refractivity contribution in [1.29, 1.82) is 0 Å². The summed E-state index contributed by atoms with van der Waals surface area (Å²) in [4.78, 5) is 4.03. The van der Waals surface area contributed by atoms with Crippen molar-refractivity contribution >= 4 is 15.9 Å². The minimum atomic E-state index is 1.09. The first-order chi connectivity index (χ1) is 8.40. The fourth-order valence-corrected chi connectivity index (χ4v) is 2.13. The molecule has 0 aliphatic rings. The summed E-state index contributed by atoms with van der Waals surface area (Å²) >= 11 is 3.45. The number of halogens is 1. The number of pyridine rings is 2. The smallest absolute Gasteiger partial charge is 0.169 e. The Labute approximate surface area is 110 Å². The van der Waals surface area contributed by atoms with Crippen LogP contribution in [0.1, 0.15) is 12.8 Å². The average molecular weight is 292 g/mol. The monoisotopic (exact) mass is 291 g/mol. The fraction of sp³-hybridized carbons (Fsp3) is 0.286. The zero-order chi connectivity index (χ0) is 11.9. The second-order valence-corrected chi connectivity index (χ2v) is 4.75. The van der Waals surface area contributed by atoms with E-state index in [1.165, 1.54) is 24.0 Å². The first-order valence-electron chi connectivity index (χ1n) is 5.85. The fourth-order valence-electron chi connectivity index (χ4n) is 1.73. The lowest BCUT2D eigenvalue weighted by molar-refractivity contribution is -0.697. The highest BCUT2D eigenvalue weighted by Gasteiger charge is 2.02. The van der Waals surface area contributed by atoms with Gasteiger partial charge in [-0.15, -0.1) is 0 Å². The third-order valence-electron chi connectivity index (χ3n) is 2.70. The van der Waals surface area contributed by atoms with Crippen LogP contribution in [-0.4, -0.2) is 10.3 Å². The number of hydrogen-bond donors (Lipinski definition) is 0. The molecular formula is C14H16BrN2+. The summed E-state index contributed by atoms with van der Waals surface area (Å²) in [6.45, 7) is 1.09. The highest BCUT2D eigenvalue weighted by atomic mass is 79.9. The second kappa shape index (κ2) is 6.50. The SMILES string of the molecule is BrCCCC[n+]1ccc(-c2ccncc2)cc1. The van der Waals surface area contributed by atoms with Gasteiger partial charge in [0.2, 0.25) is 0 Å². The first kappa shape index (κ1) is 12.2. The molecule has 2 heterocycles. The van der Waals surface area contributed by atoms with Gasteiger partial charge < -0.3 is 0 Å². The number of hydrogen-bond acceptors (Lipinski definition) is 1. The van der Waals surface area contributed by atoms with E-state index in [4.69, 9.17) is 0 Å². The molecule has 2 aromatic rings. The zero-order valence-corrected chi connectivity index (χ0v) is 11.3. The molecule has 0 aromatic carbocycles. The largest absolute Gasteiger partial charge is 0.265 e. The van der Waals surface area contributed by atoms with E-state index in [0.29, 0.717) is 0 Å². The third kappa shape index (κ3) is 3.63. The van der Waals surface area contributed by atoms with Crippen molar-refractivity contribution in [2.24, 2.45) is 0 Å². The van der Waals surface area contributed by atoms with Gasteiger partial charge in [-0.2, -0.15) is 0 Å². The second-order valence-electron chi connectivity index (χ2n) is 3.96. The van der Waals surface area contributed by atoms with Crippen LogP contribution >= 0.6 is 15.9 Å². The molecule has 0 N–H and O–H groups in total. The van der Waals surface area contributed by atoms with Crippen LogP contribution in [0.3, 0.4) is 0 Å². The number of aryl methyl sites for hydroxylation is 1. The highest BCUT2D eigenvalue weighted by molar-refractivity contribution is 9.09. The van der Waals surface area contributed by atoms with Gasteiger partial charge in [-0.05, 0) is 29.7 Å². The molecule has 0 aliphatic heterocycles. The molecule has 2 nitrogen and oxygen atoms in total. The van der Waals surface area contributed by atoms with Crippen molar-refractivity contribution in [3.63, 3.8) is 0 Å². The number of unbranched alkanes of at least 4 members (excludes halogenated alkanes) is 1. The van der Waals surface area contributed by atoms with Crippen molar-refractivity contribution < 1.29 is 4.57 Å². The van der Waals surface area contributed by atoms with Gasteiger partial charge in [-0.3, -0.25) is 4.98 Å². The van der Waals surface area contributed by atoms with E-state index in [-0.39, 0.29) is 0 Å². The zero-order valence-electron chi connectivity index (χ0n) is 9.72. The number of rotatable bonds is 5. The van der Waals surface area contributed by atoms with Gasteiger partial charge in [0.05, 0.1) is 0 Å². The lowest BCUT2D eigenvalue weighted by Crippen LogP contribution is -2.32. The summed E-state index contributed by atoms with van der Waals surface area (Å²) in [6, 6.07) is 8.38. The molecule has 17 heavy (non-hydrogen) atoms. The van der Waals surface area contributed by atoms with Crippen LogP contribution in [0, 0.1) is 0 Å². The van der Waals surface area contributed by atoms with Gasteiger partial charge in [0.1, 0.15) is 6.54 Å².